The van der Waals surface area contributed by atoms with Crippen molar-refractivity contribution in [2.24, 2.45) is 0 Å². The number of methoxy groups -OCH3 is 1. The molecule has 7 heteroatoms. The summed E-state index contributed by atoms with van der Waals surface area (Å²) < 4.78 is 5.24. The third-order valence-corrected chi connectivity index (χ3v) is 4.07. The van der Waals surface area contributed by atoms with Crippen molar-refractivity contribution >= 4 is 33.9 Å². The maximum Gasteiger partial charge on any atom is 0.269 e. The van der Waals surface area contributed by atoms with E-state index in [0.29, 0.717) is 21.4 Å². The van der Waals surface area contributed by atoms with Crippen LogP contribution in [0, 0.1) is 6.92 Å². The zero-order chi connectivity index (χ0) is 15.6. The Kier molecular flexibility index (Phi) is 4.32. The summed E-state index contributed by atoms with van der Waals surface area (Å²) in [4.78, 5) is 18.7. The second kappa shape index (κ2) is 6.01. The SMILES string of the molecule is COc1ccc(C)cc1NC(=O)c1sc(N(C)C)nc1N. The van der Waals surface area contributed by atoms with E-state index in [0.717, 1.165) is 5.56 Å². The number of ether oxygens (including phenoxy) is 1. The molecule has 1 aromatic carbocycles. The molecule has 0 aliphatic heterocycles. The maximum atomic E-state index is 12.4. The summed E-state index contributed by atoms with van der Waals surface area (Å²) in [6, 6.07) is 5.58. The molecule has 6 nitrogen and oxygen atoms in total. The highest BCUT2D eigenvalue weighted by atomic mass is 32.1. The standard InChI is InChI=1S/C14H18N4O2S/c1-8-5-6-10(20-4)9(7-8)16-13(19)11-12(15)17-14(21-11)18(2)3/h5-7H,15H2,1-4H3,(H,16,19). The van der Waals surface area contributed by atoms with Gasteiger partial charge in [0.15, 0.2) is 5.13 Å². The lowest BCUT2D eigenvalue weighted by Gasteiger charge is -2.10. The van der Waals surface area contributed by atoms with Gasteiger partial charge in [-0.25, -0.2) is 4.98 Å². The van der Waals surface area contributed by atoms with E-state index in [2.05, 4.69) is 10.3 Å². The van der Waals surface area contributed by atoms with Gasteiger partial charge in [0.2, 0.25) is 0 Å². The number of carbonyl (C=O) groups is 1. The number of nitrogens with one attached hydrogen (secondary N) is 1. The predicted octanol–water partition coefficient (Wildman–Crippen LogP) is 2.36. The van der Waals surface area contributed by atoms with Gasteiger partial charge in [-0.05, 0) is 24.6 Å². The summed E-state index contributed by atoms with van der Waals surface area (Å²) in [7, 11) is 5.26. The highest BCUT2D eigenvalue weighted by Gasteiger charge is 2.18. The number of nitrogen functional groups attached to an aromatic ring is 1. The van der Waals surface area contributed by atoms with E-state index in [-0.39, 0.29) is 11.7 Å². The van der Waals surface area contributed by atoms with Crippen molar-refractivity contribution in [3.8, 4) is 5.75 Å². The highest BCUT2D eigenvalue weighted by molar-refractivity contribution is 7.18. The number of hydrogen-bond acceptors (Lipinski definition) is 6. The van der Waals surface area contributed by atoms with Crippen molar-refractivity contribution in [3.63, 3.8) is 0 Å². The molecule has 0 aliphatic rings. The van der Waals surface area contributed by atoms with Crippen molar-refractivity contribution in [2.45, 2.75) is 6.92 Å². The fourth-order valence-corrected chi connectivity index (χ4v) is 2.58. The van der Waals surface area contributed by atoms with Crippen LogP contribution in [0.3, 0.4) is 0 Å². The largest absolute Gasteiger partial charge is 0.495 e. The number of aromatic nitrogens is 1. The minimum absolute atomic E-state index is 0.229. The Balaban J connectivity index is 2.28. The predicted molar refractivity (Wildman–Crippen MR) is 86.5 cm³/mol. The molecule has 0 radical (unpaired) electrons. The van der Waals surface area contributed by atoms with Gasteiger partial charge in [0.05, 0.1) is 12.8 Å². The molecule has 0 bridgehead atoms. The van der Waals surface area contributed by atoms with Crippen LogP contribution in [0.4, 0.5) is 16.6 Å². The van der Waals surface area contributed by atoms with Gasteiger partial charge in [0, 0.05) is 14.1 Å². The van der Waals surface area contributed by atoms with Crippen LogP contribution in [-0.4, -0.2) is 32.1 Å². The fourth-order valence-electron chi connectivity index (χ4n) is 1.77. The first-order valence-electron chi connectivity index (χ1n) is 6.32. The van der Waals surface area contributed by atoms with E-state index in [9.17, 15) is 4.79 Å². The lowest BCUT2D eigenvalue weighted by molar-refractivity contribution is 0.103. The van der Waals surface area contributed by atoms with Gasteiger partial charge >= 0.3 is 0 Å². The summed E-state index contributed by atoms with van der Waals surface area (Å²) in [6.07, 6.45) is 0. The van der Waals surface area contributed by atoms with E-state index in [4.69, 9.17) is 10.5 Å². The number of benzene rings is 1. The van der Waals surface area contributed by atoms with Crippen molar-refractivity contribution in [3.05, 3.63) is 28.6 Å². The van der Waals surface area contributed by atoms with E-state index < -0.39 is 0 Å². The molecule has 21 heavy (non-hydrogen) atoms. The monoisotopic (exact) mass is 306 g/mol. The molecule has 0 fully saturated rings. The van der Waals surface area contributed by atoms with Crippen LogP contribution in [0.25, 0.3) is 0 Å². The van der Waals surface area contributed by atoms with Gasteiger partial charge in [0.1, 0.15) is 16.4 Å². The lowest BCUT2D eigenvalue weighted by Crippen LogP contribution is -2.13. The van der Waals surface area contributed by atoms with E-state index >= 15 is 0 Å². The molecule has 0 atom stereocenters. The first-order chi connectivity index (χ1) is 9.92. The summed E-state index contributed by atoms with van der Waals surface area (Å²) in [6.45, 7) is 1.94. The summed E-state index contributed by atoms with van der Waals surface area (Å²) in [5.41, 5.74) is 7.45. The average Bonchev–Trinajstić information content (AvgIpc) is 2.81. The first kappa shape index (κ1) is 15.1. The smallest absolute Gasteiger partial charge is 0.269 e. The van der Waals surface area contributed by atoms with Crippen molar-refractivity contribution in [1.82, 2.24) is 4.98 Å². The number of carbonyl (C=O) groups excluding carboxylic acids is 1. The minimum atomic E-state index is -0.290. The molecule has 0 saturated heterocycles. The zero-order valence-corrected chi connectivity index (χ0v) is 13.2. The third-order valence-electron chi connectivity index (χ3n) is 2.83. The molecule has 112 valence electrons. The van der Waals surface area contributed by atoms with E-state index in [1.54, 1.807) is 7.11 Å². The number of aryl methyl sites for hydroxylation is 1. The number of thiazole rings is 1. The molecule has 0 spiro atoms. The fraction of sp³-hybridized carbons (Fsp3) is 0.286. The number of amides is 1. The Bertz CT molecular complexity index is 667. The Morgan fingerprint density at radius 2 is 2.14 bits per heavy atom. The quantitative estimate of drug-likeness (QED) is 0.906. The number of anilines is 3. The Labute approximate surface area is 127 Å². The number of nitrogens with two attached hydrogens (primary N) is 1. The van der Waals surface area contributed by atoms with Crippen LogP contribution in [0.1, 0.15) is 15.2 Å². The zero-order valence-electron chi connectivity index (χ0n) is 12.4. The Hall–Kier alpha value is -2.28. The normalized spacial score (nSPS) is 10.3. The maximum absolute atomic E-state index is 12.4. The molecular formula is C14H18N4O2S. The van der Waals surface area contributed by atoms with Gasteiger partial charge in [-0.15, -0.1) is 0 Å². The van der Waals surface area contributed by atoms with E-state index in [1.165, 1.54) is 11.3 Å². The van der Waals surface area contributed by atoms with Crippen molar-refractivity contribution in [2.75, 3.05) is 37.2 Å². The number of nitrogens with zero attached hydrogens (tertiary/aromatic N) is 2. The van der Waals surface area contributed by atoms with Crippen molar-refractivity contribution < 1.29 is 9.53 Å². The second-order valence-corrected chi connectivity index (χ2v) is 5.74. The summed E-state index contributed by atoms with van der Waals surface area (Å²) >= 11 is 1.25. The molecule has 1 aromatic heterocycles. The Morgan fingerprint density at radius 1 is 1.43 bits per heavy atom. The number of rotatable bonds is 4. The summed E-state index contributed by atoms with van der Waals surface area (Å²) in [5.74, 6) is 0.541. The van der Waals surface area contributed by atoms with Gasteiger partial charge in [-0.2, -0.15) is 0 Å². The van der Waals surface area contributed by atoms with E-state index in [1.807, 2.05) is 44.1 Å². The Morgan fingerprint density at radius 3 is 2.71 bits per heavy atom. The van der Waals surface area contributed by atoms with Crippen LogP contribution < -0.4 is 20.7 Å². The lowest BCUT2D eigenvalue weighted by atomic mass is 10.2. The second-order valence-electron chi connectivity index (χ2n) is 4.76. The molecule has 0 aliphatic carbocycles. The highest BCUT2D eigenvalue weighted by Crippen LogP contribution is 2.30. The molecule has 3 N–H and O–H groups in total. The summed E-state index contributed by atoms with van der Waals surface area (Å²) in [5, 5.41) is 3.51. The number of hydrogen-bond donors (Lipinski definition) is 2. The van der Waals surface area contributed by atoms with Gasteiger partial charge < -0.3 is 20.7 Å². The van der Waals surface area contributed by atoms with Crippen LogP contribution >= 0.6 is 11.3 Å². The topological polar surface area (TPSA) is 80.5 Å². The minimum Gasteiger partial charge on any atom is -0.495 e. The molecule has 1 heterocycles. The molecule has 0 unspecified atom stereocenters. The third kappa shape index (κ3) is 3.25. The molecule has 2 aromatic rings. The van der Waals surface area contributed by atoms with Crippen LogP contribution in [-0.2, 0) is 0 Å². The van der Waals surface area contributed by atoms with Crippen LogP contribution in [0.2, 0.25) is 0 Å². The molecule has 1 amide bonds. The van der Waals surface area contributed by atoms with Crippen LogP contribution in [0.15, 0.2) is 18.2 Å². The van der Waals surface area contributed by atoms with Gasteiger partial charge in [-0.1, -0.05) is 17.4 Å². The first-order valence-corrected chi connectivity index (χ1v) is 7.13. The van der Waals surface area contributed by atoms with Crippen molar-refractivity contribution in [1.29, 1.82) is 0 Å². The van der Waals surface area contributed by atoms with Crippen LogP contribution in [0.5, 0.6) is 5.75 Å². The van der Waals surface area contributed by atoms with Gasteiger partial charge in [0.25, 0.3) is 5.91 Å². The molecule has 2 rings (SSSR count). The van der Waals surface area contributed by atoms with Gasteiger partial charge in [-0.3, -0.25) is 4.79 Å². The molecule has 0 saturated carbocycles. The molecular weight excluding hydrogens is 288 g/mol. The average molecular weight is 306 g/mol.